The predicted octanol–water partition coefficient (Wildman–Crippen LogP) is 3.46. The highest BCUT2D eigenvalue weighted by Gasteiger charge is 2.18. The predicted molar refractivity (Wildman–Crippen MR) is 102 cm³/mol. The van der Waals surface area contributed by atoms with Crippen molar-refractivity contribution in [2.24, 2.45) is 0 Å². The molecule has 0 saturated heterocycles. The molecule has 2 aromatic rings. The van der Waals surface area contributed by atoms with Crippen LogP contribution in [0.1, 0.15) is 22.5 Å². The largest absolute Gasteiger partial charge is 0.496 e. The second kappa shape index (κ2) is 9.81. The van der Waals surface area contributed by atoms with Crippen LogP contribution in [0.5, 0.6) is 5.75 Å². The number of hydrogen-bond donors (Lipinski definition) is 1. The Hall–Kier alpha value is -2.98. The summed E-state index contributed by atoms with van der Waals surface area (Å²) >= 11 is 6.86. The van der Waals surface area contributed by atoms with Crippen molar-refractivity contribution in [1.29, 1.82) is 0 Å². The van der Waals surface area contributed by atoms with Crippen LogP contribution in [-0.2, 0) is 14.3 Å². The molecule has 0 fully saturated rings. The maximum atomic E-state index is 11.9. The monoisotopic (exact) mass is 426 g/mol. The number of nitrogens with one attached hydrogen (secondary N) is 1. The van der Waals surface area contributed by atoms with Gasteiger partial charge in [-0.3, -0.25) is 24.5 Å². The lowest BCUT2D eigenvalue weighted by molar-refractivity contribution is -0.384. The topological polar surface area (TPSA) is 125 Å². The molecular weight excluding hydrogens is 412 g/mol. The number of thiophene rings is 1. The van der Waals surface area contributed by atoms with Crippen LogP contribution in [0.15, 0.2) is 30.3 Å². The molecule has 1 heterocycles. The molecule has 9 nitrogen and oxygen atoms in total. The highest BCUT2D eigenvalue weighted by atomic mass is 35.5. The normalized spacial score (nSPS) is 10.2. The fourth-order valence-electron chi connectivity index (χ4n) is 2.10. The van der Waals surface area contributed by atoms with Crippen LogP contribution in [-0.4, -0.2) is 36.3 Å². The van der Waals surface area contributed by atoms with Crippen molar-refractivity contribution in [3.8, 4) is 5.75 Å². The molecule has 0 aliphatic heterocycles. The van der Waals surface area contributed by atoms with Gasteiger partial charge in [0.15, 0.2) is 12.4 Å². The first-order valence-electron chi connectivity index (χ1n) is 7.86. The molecule has 28 heavy (non-hydrogen) atoms. The Bertz CT molecular complexity index is 913. The number of ether oxygens (including phenoxy) is 2. The number of rotatable bonds is 9. The second-order valence-electron chi connectivity index (χ2n) is 5.38. The molecule has 1 N–H and O–H groups in total. The van der Waals surface area contributed by atoms with Gasteiger partial charge >= 0.3 is 5.97 Å². The summed E-state index contributed by atoms with van der Waals surface area (Å²) in [7, 11) is 1.36. The average Bonchev–Trinajstić information content (AvgIpc) is 3.11. The number of nitrogens with zero attached hydrogens (tertiary/aromatic N) is 1. The highest BCUT2D eigenvalue weighted by molar-refractivity contribution is 7.18. The molecule has 0 atom stereocenters. The van der Waals surface area contributed by atoms with E-state index in [1.54, 1.807) is 12.1 Å². The van der Waals surface area contributed by atoms with E-state index in [1.165, 1.54) is 19.2 Å². The zero-order valence-electron chi connectivity index (χ0n) is 14.6. The van der Waals surface area contributed by atoms with Gasteiger partial charge in [-0.2, -0.15) is 0 Å². The number of nitro benzene ring substituents is 1. The number of nitro groups is 1. The summed E-state index contributed by atoms with van der Waals surface area (Å²) in [6.45, 7) is -0.638. The van der Waals surface area contributed by atoms with E-state index in [0.29, 0.717) is 9.21 Å². The summed E-state index contributed by atoms with van der Waals surface area (Å²) in [5, 5.41) is 13.4. The van der Waals surface area contributed by atoms with Crippen LogP contribution in [0.2, 0.25) is 4.34 Å². The first kappa shape index (κ1) is 21.3. The van der Waals surface area contributed by atoms with Gasteiger partial charge in [-0.05, 0) is 24.3 Å². The average molecular weight is 427 g/mol. The van der Waals surface area contributed by atoms with E-state index in [-0.39, 0.29) is 35.7 Å². The number of benzene rings is 1. The van der Waals surface area contributed by atoms with Crippen molar-refractivity contribution in [2.45, 2.75) is 12.8 Å². The van der Waals surface area contributed by atoms with Gasteiger partial charge in [0.2, 0.25) is 0 Å². The first-order valence-corrected chi connectivity index (χ1v) is 9.06. The molecular formula is C17H15ClN2O7S. The summed E-state index contributed by atoms with van der Waals surface area (Å²) in [6, 6.07) is 7.05. The van der Waals surface area contributed by atoms with E-state index in [9.17, 15) is 24.5 Å². The number of esters is 1. The Morgan fingerprint density at radius 1 is 1.21 bits per heavy atom. The third-order valence-electron chi connectivity index (χ3n) is 3.44. The minimum atomic E-state index is -0.752. The van der Waals surface area contributed by atoms with Gasteiger partial charge in [0.1, 0.15) is 11.4 Å². The Labute approximate surface area is 168 Å². The molecule has 0 bridgehead atoms. The van der Waals surface area contributed by atoms with Gasteiger partial charge in [-0.1, -0.05) is 11.6 Å². The molecule has 0 unspecified atom stereocenters. The highest BCUT2D eigenvalue weighted by Crippen LogP contribution is 2.29. The lowest BCUT2D eigenvalue weighted by Crippen LogP contribution is -2.21. The van der Waals surface area contributed by atoms with Gasteiger partial charge in [0.05, 0.1) is 33.7 Å². The van der Waals surface area contributed by atoms with Crippen molar-refractivity contribution < 1.29 is 28.8 Å². The summed E-state index contributed by atoms with van der Waals surface area (Å²) in [6.07, 6.45) is -0.286. The minimum absolute atomic E-state index is 0.0587. The third kappa shape index (κ3) is 6.03. The molecule has 0 radical (unpaired) electrons. The van der Waals surface area contributed by atoms with E-state index in [2.05, 4.69) is 5.32 Å². The molecule has 1 aromatic heterocycles. The number of carbonyl (C=O) groups excluding carboxylic acids is 3. The van der Waals surface area contributed by atoms with Crippen LogP contribution in [0.4, 0.5) is 11.4 Å². The standard InChI is InChI=1S/C17H15ClN2O7S/c1-26-10-2-3-11(12(8-10)20(24)25)19-16(22)9-27-17(23)7-4-13(21)14-5-6-15(18)28-14/h2-3,5-6,8H,4,7,9H2,1H3,(H,19,22). The number of halogens is 1. The number of carbonyl (C=O) groups is 3. The van der Waals surface area contributed by atoms with Crippen molar-refractivity contribution in [1.82, 2.24) is 0 Å². The van der Waals surface area contributed by atoms with E-state index < -0.39 is 23.4 Å². The van der Waals surface area contributed by atoms with Crippen LogP contribution in [0.25, 0.3) is 0 Å². The molecule has 1 amide bonds. The van der Waals surface area contributed by atoms with E-state index in [4.69, 9.17) is 21.1 Å². The summed E-state index contributed by atoms with van der Waals surface area (Å²) in [5.74, 6) is -1.49. The summed E-state index contributed by atoms with van der Waals surface area (Å²) < 4.78 is 10.2. The van der Waals surface area contributed by atoms with Gasteiger partial charge < -0.3 is 14.8 Å². The van der Waals surface area contributed by atoms with Crippen molar-refractivity contribution in [2.75, 3.05) is 19.0 Å². The van der Waals surface area contributed by atoms with Crippen molar-refractivity contribution in [3.63, 3.8) is 0 Å². The molecule has 0 aliphatic rings. The number of anilines is 1. The Balaban J connectivity index is 1.83. The summed E-state index contributed by atoms with van der Waals surface area (Å²) in [5.41, 5.74) is -0.421. The maximum absolute atomic E-state index is 11.9. The Kier molecular flexibility index (Phi) is 7.47. The van der Waals surface area contributed by atoms with Crippen molar-refractivity contribution in [3.05, 3.63) is 49.7 Å². The SMILES string of the molecule is COc1ccc(NC(=O)COC(=O)CCC(=O)c2ccc(Cl)s2)c([N+](=O)[O-])c1. The Morgan fingerprint density at radius 2 is 1.96 bits per heavy atom. The molecule has 148 valence electrons. The quantitative estimate of drug-likeness (QED) is 0.281. The fraction of sp³-hybridized carbons (Fsp3) is 0.235. The Morgan fingerprint density at radius 3 is 2.57 bits per heavy atom. The maximum Gasteiger partial charge on any atom is 0.306 e. The zero-order chi connectivity index (χ0) is 20.7. The lowest BCUT2D eigenvalue weighted by atomic mass is 10.2. The van der Waals surface area contributed by atoms with E-state index in [1.807, 2.05) is 0 Å². The fourth-order valence-corrected chi connectivity index (χ4v) is 3.11. The number of hydrogen-bond acceptors (Lipinski definition) is 8. The van der Waals surface area contributed by atoms with Gasteiger partial charge in [0.25, 0.3) is 11.6 Å². The number of Topliss-reactive ketones (excluding diaryl/α,β-unsaturated/α-hetero) is 1. The van der Waals surface area contributed by atoms with Crippen LogP contribution < -0.4 is 10.1 Å². The third-order valence-corrected chi connectivity index (χ3v) is 4.72. The molecule has 1 aromatic carbocycles. The number of methoxy groups -OCH3 is 1. The smallest absolute Gasteiger partial charge is 0.306 e. The minimum Gasteiger partial charge on any atom is -0.496 e. The molecule has 0 saturated carbocycles. The summed E-state index contributed by atoms with van der Waals surface area (Å²) in [4.78, 5) is 46.3. The van der Waals surface area contributed by atoms with Crippen molar-refractivity contribution >= 4 is 52.0 Å². The van der Waals surface area contributed by atoms with Gasteiger partial charge in [-0.15, -0.1) is 11.3 Å². The van der Waals surface area contributed by atoms with Crippen LogP contribution >= 0.6 is 22.9 Å². The molecule has 0 spiro atoms. The van der Waals surface area contributed by atoms with Crippen LogP contribution in [0.3, 0.4) is 0 Å². The molecule has 2 rings (SSSR count). The zero-order valence-corrected chi connectivity index (χ0v) is 16.2. The van der Waals surface area contributed by atoms with Gasteiger partial charge in [0, 0.05) is 6.42 Å². The second-order valence-corrected chi connectivity index (χ2v) is 7.09. The molecule has 11 heteroatoms. The lowest BCUT2D eigenvalue weighted by Gasteiger charge is -2.08. The number of amides is 1. The van der Waals surface area contributed by atoms with Crippen LogP contribution in [0, 0.1) is 10.1 Å². The van der Waals surface area contributed by atoms with E-state index in [0.717, 1.165) is 17.4 Å². The first-order chi connectivity index (χ1) is 13.3. The molecule has 0 aliphatic carbocycles. The van der Waals surface area contributed by atoms with Gasteiger partial charge in [-0.25, -0.2) is 0 Å². The number of ketones is 1. The van der Waals surface area contributed by atoms with E-state index >= 15 is 0 Å².